The Morgan fingerprint density at radius 2 is 2.15 bits per heavy atom. The summed E-state index contributed by atoms with van der Waals surface area (Å²) in [5.41, 5.74) is 2.27. The summed E-state index contributed by atoms with van der Waals surface area (Å²) in [6.45, 7) is 3.54. The van der Waals surface area contributed by atoms with Crippen molar-refractivity contribution in [1.29, 1.82) is 0 Å². The molecule has 5 nitrogen and oxygen atoms in total. The molecule has 20 heavy (non-hydrogen) atoms. The lowest BCUT2D eigenvalue weighted by molar-refractivity contribution is -0.129. The van der Waals surface area contributed by atoms with Gasteiger partial charge in [-0.05, 0) is 18.9 Å². The molecule has 0 spiro atoms. The molecule has 0 radical (unpaired) electrons. The van der Waals surface area contributed by atoms with E-state index in [1.54, 1.807) is 17.2 Å². The zero-order valence-electron chi connectivity index (χ0n) is 11.6. The van der Waals surface area contributed by atoms with Crippen molar-refractivity contribution < 1.29 is 4.79 Å². The van der Waals surface area contributed by atoms with Crippen LogP contribution in [0.2, 0.25) is 0 Å². The number of carbonyl (C=O) groups is 1. The Balaban J connectivity index is 1.61. The van der Waals surface area contributed by atoms with E-state index in [-0.39, 0.29) is 11.9 Å². The predicted octanol–water partition coefficient (Wildman–Crippen LogP) is 1.60. The van der Waals surface area contributed by atoms with Crippen molar-refractivity contribution >= 4 is 5.91 Å². The van der Waals surface area contributed by atoms with Crippen molar-refractivity contribution in [2.75, 3.05) is 13.1 Å². The number of carbonyl (C=O) groups excluding carboxylic acids is 1. The van der Waals surface area contributed by atoms with Crippen molar-refractivity contribution in [3.05, 3.63) is 47.8 Å². The van der Waals surface area contributed by atoms with Crippen LogP contribution in [0.1, 0.15) is 23.6 Å². The highest BCUT2D eigenvalue weighted by Gasteiger charge is 2.28. The largest absolute Gasteiger partial charge is 0.340 e. The maximum Gasteiger partial charge on any atom is 0.227 e. The molecule has 3 rings (SSSR count). The van der Waals surface area contributed by atoms with Gasteiger partial charge >= 0.3 is 0 Å². The van der Waals surface area contributed by atoms with E-state index in [0.717, 1.165) is 18.5 Å². The van der Waals surface area contributed by atoms with Gasteiger partial charge in [0.15, 0.2) is 0 Å². The van der Waals surface area contributed by atoms with Gasteiger partial charge in [-0.2, -0.15) is 15.0 Å². The molecule has 2 heterocycles. The van der Waals surface area contributed by atoms with Gasteiger partial charge in [0, 0.05) is 13.1 Å². The van der Waals surface area contributed by atoms with E-state index >= 15 is 0 Å². The lowest BCUT2D eigenvalue weighted by Gasteiger charge is -2.16. The molecule has 1 aliphatic rings. The normalized spacial score (nSPS) is 18.4. The van der Waals surface area contributed by atoms with Gasteiger partial charge in [0.05, 0.1) is 24.9 Å². The molecule has 1 amide bonds. The third-order valence-electron chi connectivity index (χ3n) is 3.72. The first-order valence-electron chi connectivity index (χ1n) is 6.91. The number of aryl methyl sites for hydroxylation is 1. The highest BCUT2D eigenvalue weighted by atomic mass is 16.2. The molecule has 5 heteroatoms. The summed E-state index contributed by atoms with van der Waals surface area (Å²) in [5, 5.41) is 8.31. The van der Waals surface area contributed by atoms with Crippen LogP contribution in [0.25, 0.3) is 0 Å². The maximum absolute atomic E-state index is 12.3. The summed E-state index contributed by atoms with van der Waals surface area (Å²) in [7, 11) is 0. The third-order valence-corrected chi connectivity index (χ3v) is 3.72. The number of hydrogen-bond acceptors (Lipinski definition) is 3. The van der Waals surface area contributed by atoms with Crippen LogP contribution < -0.4 is 0 Å². The Hall–Kier alpha value is -2.17. The molecule has 0 unspecified atom stereocenters. The van der Waals surface area contributed by atoms with Crippen LogP contribution in [0, 0.1) is 6.92 Å². The van der Waals surface area contributed by atoms with E-state index in [1.807, 2.05) is 30.0 Å². The zero-order chi connectivity index (χ0) is 13.9. The Morgan fingerprint density at radius 3 is 2.90 bits per heavy atom. The molecule has 1 saturated heterocycles. The SMILES string of the molecule is Cc1cccc(CC(=O)N2CC[C@@H](n3nccn3)C2)c1. The van der Waals surface area contributed by atoms with Gasteiger partial charge in [-0.15, -0.1) is 0 Å². The first-order valence-corrected chi connectivity index (χ1v) is 6.91. The van der Waals surface area contributed by atoms with Gasteiger partial charge in [-0.3, -0.25) is 4.79 Å². The fourth-order valence-electron chi connectivity index (χ4n) is 2.68. The highest BCUT2D eigenvalue weighted by molar-refractivity contribution is 5.79. The van der Waals surface area contributed by atoms with Gasteiger partial charge in [0.1, 0.15) is 0 Å². The first kappa shape index (κ1) is 12.8. The summed E-state index contributed by atoms with van der Waals surface area (Å²) in [6, 6.07) is 8.34. The van der Waals surface area contributed by atoms with E-state index < -0.39 is 0 Å². The van der Waals surface area contributed by atoms with E-state index in [0.29, 0.717) is 13.0 Å². The standard InChI is InChI=1S/C15H18N4O/c1-12-3-2-4-13(9-12)10-15(20)18-8-5-14(11-18)19-16-6-7-17-19/h2-4,6-7,9,14H,5,8,10-11H2,1H3/t14-/m1/s1. The molecule has 1 atom stereocenters. The fourth-order valence-corrected chi connectivity index (χ4v) is 2.68. The number of hydrogen-bond donors (Lipinski definition) is 0. The third kappa shape index (κ3) is 2.71. The van der Waals surface area contributed by atoms with Crippen molar-refractivity contribution in [2.24, 2.45) is 0 Å². The summed E-state index contributed by atoms with van der Waals surface area (Å²) in [4.78, 5) is 15.9. The van der Waals surface area contributed by atoms with Gasteiger partial charge in [0.25, 0.3) is 0 Å². The Bertz CT molecular complexity index is 594. The summed E-state index contributed by atoms with van der Waals surface area (Å²) >= 11 is 0. The van der Waals surface area contributed by atoms with Gasteiger partial charge in [0.2, 0.25) is 5.91 Å². The second-order valence-electron chi connectivity index (χ2n) is 5.30. The number of aromatic nitrogens is 3. The maximum atomic E-state index is 12.3. The molecular formula is C15H18N4O. The topological polar surface area (TPSA) is 51.0 Å². The first-order chi connectivity index (χ1) is 9.72. The molecule has 1 aliphatic heterocycles. The molecule has 0 N–H and O–H groups in total. The van der Waals surface area contributed by atoms with Crippen LogP contribution >= 0.6 is 0 Å². The smallest absolute Gasteiger partial charge is 0.227 e. The average molecular weight is 270 g/mol. The van der Waals surface area contributed by atoms with E-state index in [4.69, 9.17) is 0 Å². The predicted molar refractivity (Wildman–Crippen MR) is 75.1 cm³/mol. The minimum absolute atomic E-state index is 0.185. The van der Waals surface area contributed by atoms with Crippen LogP contribution in [0.15, 0.2) is 36.7 Å². The molecule has 1 aromatic heterocycles. The summed E-state index contributed by atoms with van der Waals surface area (Å²) < 4.78 is 0. The van der Waals surface area contributed by atoms with Crippen LogP contribution in [-0.4, -0.2) is 38.9 Å². The van der Waals surface area contributed by atoms with Crippen LogP contribution in [0.4, 0.5) is 0 Å². The molecule has 1 aromatic carbocycles. The van der Waals surface area contributed by atoms with Crippen LogP contribution in [0.5, 0.6) is 0 Å². The summed E-state index contributed by atoms with van der Waals surface area (Å²) in [5.74, 6) is 0.185. The Kier molecular flexibility index (Phi) is 3.50. The number of rotatable bonds is 3. The zero-order valence-corrected chi connectivity index (χ0v) is 11.6. The van der Waals surface area contributed by atoms with Gasteiger partial charge in [-0.1, -0.05) is 29.8 Å². The number of likely N-dealkylation sites (tertiary alicyclic amines) is 1. The molecule has 0 saturated carbocycles. The van der Waals surface area contributed by atoms with Crippen LogP contribution in [-0.2, 0) is 11.2 Å². The van der Waals surface area contributed by atoms with Crippen molar-refractivity contribution in [2.45, 2.75) is 25.8 Å². The van der Waals surface area contributed by atoms with Gasteiger partial charge in [-0.25, -0.2) is 0 Å². The van der Waals surface area contributed by atoms with Crippen molar-refractivity contribution in [1.82, 2.24) is 19.9 Å². The number of nitrogens with zero attached hydrogens (tertiary/aromatic N) is 4. The van der Waals surface area contributed by atoms with E-state index in [9.17, 15) is 4.79 Å². The van der Waals surface area contributed by atoms with Crippen molar-refractivity contribution in [3.63, 3.8) is 0 Å². The second kappa shape index (κ2) is 5.45. The second-order valence-corrected chi connectivity index (χ2v) is 5.30. The molecule has 0 aliphatic carbocycles. The number of benzene rings is 1. The lowest BCUT2D eigenvalue weighted by Crippen LogP contribution is -2.30. The van der Waals surface area contributed by atoms with Crippen molar-refractivity contribution in [3.8, 4) is 0 Å². The van der Waals surface area contributed by atoms with Crippen LogP contribution in [0.3, 0.4) is 0 Å². The highest BCUT2D eigenvalue weighted by Crippen LogP contribution is 2.20. The Labute approximate surface area is 118 Å². The van der Waals surface area contributed by atoms with E-state index in [2.05, 4.69) is 16.3 Å². The monoisotopic (exact) mass is 270 g/mol. The average Bonchev–Trinajstić information content (AvgIpc) is 3.10. The Morgan fingerprint density at radius 1 is 1.35 bits per heavy atom. The molecule has 2 aromatic rings. The van der Waals surface area contributed by atoms with Gasteiger partial charge < -0.3 is 4.90 Å². The quantitative estimate of drug-likeness (QED) is 0.851. The minimum Gasteiger partial charge on any atom is -0.340 e. The fraction of sp³-hybridized carbons (Fsp3) is 0.400. The lowest BCUT2D eigenvalue weighted by atomic mass is 10.1. The molecule has 0 bridgehead atoms. The molecular weight excluding hydrogens is 252 g/mol. The van der Waals surface area contributed by atoms with E-state index in [1.165, 1.54) is 5.56 Å². The minimum atomic E-state index is 0.185. The molecule has 1 fully saturated rings. The number of amides is 1. The summed E-state index contributed by atoms with van der Waals surface area (Å²) in [6.07, 6.45) is 4.75. The molecule has 104 valence electrons.